The lowest BCUT2D eigenvalue weighted by Crippen LogP contribution is -2.37. The number of alkyl halides is 3. The highest BCUT2D eigenvalue weighted by atomic mass is 32.2. The molecule has 0 saturated heterocycles. The van der Waals surface area contributed by atoms with Crippen LogP contribution in [0.2, 0.25) is 0 Å². The van der Waals surface area contributed by atoms with Gasteiger partial charge in [0.05, 0.1) is 17.5 Å². The molecule has 146 valence electrons. The molecule has 0 bridgehead atoms. The molecule has 0 radical (unpaired) electrons. The molecule has 9 heteroatoms. The minimum atomic E-state index is -4.53. The van der Waals surface area contributed by atoms with Crippen LogP contribution in [0, 0.1) is 0 Å². The van der Waals surface area contributed by atoms with Crippen LogP contribution in [0.1, 0.15) is 18.1 Å². The zero-order valence-electron chi connectivity index (χ0n) is 14.7. The summed E-state index contributed by atoms with van der Waals surface area (Å²) < 4.78 is 62.8. The summed E-state index contributed by atoms with van der Waals surface area (Å²) >= 11 is 0. The predicted octanol–water partition coefficient (Wildman–Crippen LogP) is 3.67. The van der Waals surface area contributed by atoms with E-state index in [-0.39, 0.29) is 5.69 Å². The molecule has 1 amide bonds. The number of carbonyl (C=O) groups is 1. The Morgan fingerprint density at radius 1 is 1.04 bits per heavy atom. The molecular weight excluding hydrogens is 381 g/mol. The zero-order chi connectivity index (χ0) is 20.2. The summed E-state index contributed by atoms with van der Waals surface area (Å²) in [7, 11) is -3.87. The molecule has 0 aliphatic heterocycles. The van der Waals surface area contributed by atoms with Crippen LogP contribution in [0.15, 0.2) is 48.5 Å². The smallest absolute Gasteiger partial charge is 0.325 e. The maximum atomic E-state index is 12.7. The van der Waals surface area contributed by atoms with Crippen molar-refractivity contribution in [1.29, 1.82) is 0 Å². The Kier molecular flexibility index (Phi) is 6.15. The molecule has 2 aromatic carbocycles. The van der Waals surface area contributed by atoms with Gasteiger partial charge < -0.3 is 5.32 Å². The normalized spacial score (nSPS) is 11.9. The second-order valence-corrected chi connectivity index (χ2v) is 7.82. The highest BCUT2D eigenvalue weighted by Crippen LogP contribution is 2.31. The second-order valence-electron chi connectivity index (χ2n) is 5.91. The number of anilines is 2. The number of carbonyl (C=O) groups excluding carboxylic acids is 1. The standard InChI is InChI=1S/C18H19F3N2O3S/c1-3-13-4-8-15(9-5-13)22-17(24)12-23(27(2,25)26)16-10-6-14(7-11-16)18(19,20)21/h4-11H,3,12H2,1-2H3,(H,22,24). The third-order valence-electron chi connectivity index (χ3n) is 3.82. The maximum Gasteiger partial charge on any atom is 0.416 e. The zero-order valence-corrected chi connectivity index (χ0v) is 15.6. The van der Waals surface area contributed by atoms with Crippen molar-refractivity contribution in [2.75, 3.05) is 22.4 Å². The summed E-state index contributed by atoms with van der Waals surface area (Å²) in [6.07, 6.45) is -2.81. The van der Waals surface area contributed by atoms with Crippen molar-refractivity contribution < 1.29 is 26.4 Å². The molecular formula is C18H19F3N2O3S. The van der Waals surface area contributed by atoms with Gasteiger partial charge in [0.2, 0.25) is 15.9 Å². The summed E-state index contributed by atoms with van der Waals surface area (Å²) in [6, 6.07) is 10.6. The third-order valence-corrected chi connectivity index (χ3v) is 4.96. The Hall–Kier alpha value is -2.55. The first-order chi connectivity index (χ1) is 12.5. The number of benzene rings is 2. The van der Waals surface area contributed by atoms with Gasteiger partial charge in [-0.3, -0.25) is 9.10 Å². The molecule has 0 aliphatic rings. The molecule has 0 saturated carbocycles. The number of rotatable bonds is 6. The van der Waals surface area contributed by atoms with E-state index in [1.165, 1.54) is 0 Å². The van der Waals surface area contributed by atoms with E-state index in [1.54, 1.807) is 12.1 Å². The van der Waals surface area contributed by atoms with Crippen molar-refractivity contribution in [2.24, 2.45) is 0 Å². The Bertz CT molecular complexity index is 893. The van der Waals surface area contributed by atoms with E-state index in [0.717, 1.165) is 46.8 Å². The number of hydrogen-bond donors (Lipinski definition) is 1. The number of sulfonamides is 1. The van der Waals surface area contributed by atoms with Crippen molar-refractivity contribution in [2.45, 2.75) is 19.5 Å². The first-order valence-electron chi connectivity index (χ1n) is 8.04. The second kappa shape index (κ2) is 7.99. The van der Waals surface area contributed by atoms with Crippen molar-refractivity contribution in [3.05, 3.63) is 59.7 Å². The molecule has 0 atom stereocenters. The van der Waals surface area contributed by atoms with Gasteiger partial charge in [0.15, 0.2) is 0 Å². The number of hydrogen-bond acceptors (Lipinski definition) is 3. The Balaban J connectivity index is 2.18. The molecule has 0 aliphatic carbocycles. The molecule has 0 spiro atoms. The summed E-state index contributed by atoms with van der Waals surface area (Å²) in [6.45, 7) is 1.43. The molecule has 0 unspecified atom stereocenters. The number of halogens is 3. The van der Waals surface area contributed by atoms with Crippen molar-refractivity contribution >= 4 is 27.3 Å². The lowest BCUT2D eigenvalue weighted by molar-refractivity contribution is -0.137. The van der Waals surface area contributed by atoms with Crippen LogP contribution in [0.4, 0.5) is 24.5 Å². The van der Waals surface area contributed by atoms with Gasteiger partial charge in [-0.25, -0.2) is 8.42 Å². The fraction of sp³-hybridized carbons (Fsp3) is 0.278. The molecule has 27 heavy (non-hydrogen) atoms. The Morgan fingerprint density at radius 2 is 1.59 bits per heavy atom. The van der Waals surface area contributed by atoms with Gasteiger partial charge >= 0.3 is 6.18 Å². The molecule has 0 heterocycles. The lowest BCUT2D eigenvalue weighted by atomic mass is 10.1. The summed E-state index contributed by atoms with van der Waals surface area (Å²) in [5, 5.41) is 2.58. The van der Waals surface area contributed by atoms with Gasteiger partial charge in [-0.15, -0.1) is 0 Å². The largest absolute Gasteiger partial charge is 0.416 e. The Morgan fingerprint density at radius 3 is 2.04 bits per heavy atom. The van der Waals surface area contributed by atoms with Gasteiger partial charge in [-0.1, -0.05) is 19.1 Å². The first kappa shape index (κ1) is 20.8. The van der Waals surface area contributed by atoms with E-state index in [9.17, 15) is 26.4 Å². The number of aryl methyl sites for hydroxylation is 1. The van der Waals surface area contributed by atoms with Gasteiger partial charge in [-0.2, -0.15) is 13.2 Å². The van der Waals surface area contributed by atoms with Crippen LogP contribution < -0.4 is 9.62 Å². The average molecular weight is 400 g/mol. The van der Waals surface area contributed by atoms with E-state index < -0.39 is 34.2 Å². The lowest BCUT2D eigenvalue weighted by Gasteiger charge is -2.22. The molecule has 0 fully saturated rings. The monoisotopic (exact) mass is 400 g/mol. The third kappa shape index (κ3) is 5.72. The van der Waals surface area contributed by atoms with Gasteiger partial charge in [0.1, 0.15) is 6.54 Å². The number of amides is 1. The number of nitrogens with one attached hydrogen (secondary N) is 1. The SMILES string of the molecule is CCc1ccc(NC(=O)CN(c2ccc(C(F)(F)F)cc2)S(C)(=O)=O)cc1. The van der Waals surface area contributed by atoms with E-state index in [2.05, 4.69) is 5.32 Å². The van der Waals surface area contributed by atoms with Crippen LogP contribution in [0.5, 0.6) is 0 Å². The topological polar surface area (TPSA) is 66.5 Å². The first-order valence-corrected chi connectivity index (χ1v) is 9.89. The van der Waals surface area contributed by atoms with E-state index >= 15 is 0 Å². The van der Waals surface area contributed by atoms with Gasteiger partial charge in [0, 0.05) is 5.69 Å². The fourth-order valence-corrected chi connectivity index (χ4v) is 3.23. The van der Waals surface area contributed by atoms with E-state index in [1.807, 2.05) is 19.1 Å². The van der Waals surface area contributed by atoms with Crippen LogP contribution in [-0.2, 0) is 27.4 Å². The van der Waals surface area contributed by atoms with Gasteiger partial charge in [-0.05, 0) is 48.4 Å². The van der Waals surface area contributed by atoms with Gasteiger partial charge in [0.25, 0.3) is 0 Å². The minimum Gasteiger partial charge on any atom is -0.325 e. The molecule has 1 N–H and O–H groups in total. The predicted molar refractivity (Wildman–Crippen MR) is 98.1 cm³/mol. The van der Waals surface area contributed by atoms with E-state index in [4.69, 9.17) is 0 Å². The molecule has 0 aromatic heterocycles. The number of nitrogens with zero attached hydrogens (tertiary/aromatic N) is 1. The van der Waals surface area contributed by atoms with Crippen LogP contribution >= 0.6 is 0 Å². The fourth-order valence-electron chi connectivity index (χ4n) is 2.37. The summed E-state index contributed by atoms with van der Waals surface area (Å²) in [4.78, 5) is 12.2. The molecule has 5 nitrogen and oxygen atoms in total. The van der Waals surface area contributed by atoms with Crippen LogP contribution in [0.25, 0.3) is 0 Å². The van der Waals surface area contributed by atoms with Crippen molar-refractivity contribution in [3.8, 4) is 0 Å². The highest BCUT2D eigenvalue weighted by Gasteiger charge is 2.30. The quantitative estimate of drug-likeness (QED) is 0.805. The minimum absolute atomic E-state index is 0.0259. The Labute approximate surface area is 155 Å². The molecule has 2 aromatic rings. The van der Waals surface area contributed by atoms with Crippen molar-refractivity contribution in [3.63, 3.8) is 0 Å². The summed E-state index contributed by atoms with van der Waals surface area (Å²) in [5.41, 5.74) is 0.649. The average Bonchev–Trinajstić information content (AvgIpc) is 2.59. The van der Waals surface area contributed by atoms with Crippen LogP contribution in [0.3, 0.4) is 0 Å². The van der Waals surface area contributed by atoms with Crippen molar-refractivity contribution in [1.82, 2.24) is 0 Å². The molecule has 2 rings (SSSR count). The van der Waals surface area contributed by atoms with E-state index in [0.29, 0.717) is 5.69 Å². The highest BCUT2D eigenvalue weighted by molar-refractivity contribution is 7.92. The maximum absolute atomic E-state index is 12.7. The summed E-state index contributed by atoms with van der Waals surface area (Å²) in [5.74, 6) is -0.607. The van der Waals surface area contributed by atoms with Crippen LogP contribution in [-0.4, -0.2) is 27.1 Å².